The van der Waals surface area contributed by atoms with Crippen molar-refractivity contribution in [2.75, 3.05) is 19.3 Å². The monoisotopic (exact) mass is 352 g/mol. The minimum absolute atomic E-state index is 0.205. The topological polar surface area (TPSA) is 72.9 Å². The lowest BCUT2D eigenvalue weighted by Gasteiger charge is -2.34. The molecule has 3 aromatic rings. The van der Waals surface area contributed by atoms with Crippen molar-refractivity contribution in [2.24, 2.45) is 0 Å². The molecular formula is C19H21FN6. The van der Waals surface area contributed by atoms with Crippen LogP contribution in [0.3, 0.4) is 0 Å². The summed E-state index contributed by atoms with van der Waals surface area (Å²) in [5, 5.41) is 0. The summed E-state index contributed by atoms with van der Waals surface area (Å²) in [6, 6.07) is 8.19. The van der Waals surface area contributed by atoms with Gasteiger partial charge in [-0.25, -0.2) is 19.3 Å². The molecule has 0 saturated carbocycles. The van der Waals surface area contributed by atoms with Gasteiger partial charge >= 0.3 is 0 Å². The number of likely N-dealkylation sites (tertiary alicyclic amines) is 1. The molecule has 0 spiro atoms. The van der Waals surface area contributed by atoms with E-state index in [-0.39, 0.29) is 17.9 Å². The third kappa shape index (κ3) is 3.06. The fourth-order valence-corrected chi connectivity index (χ4v) is 3.57. The van der Waals surface area contributed by atoms with Crippen molar-refractivity contribution in [3.63, 3.8) is 0 Å². The van der Waals surface area contributed by atoms with Crippen LogP contribution in [-0.4, -0.2) is 38.0 Å². The number of hydrogen-bond donors (Lipinski definition) is 1. The van der Waals surface area contributed by atoms with Crippen molar-refractivity contribution >= 4 is 5.95 Å². The molecule has 134 valence electrons. The van der Waals surface area contributed by atoms with E-state index in [1.54, 1.807) is 18.3 Å². The van der Waals surface area contributed by atoms with Crippen molar-refractivity contribution in [3.8, 4) is 22.6 Å². The first-order valence-corrected chi connectivity index (χ1v) is 8.75. The van der Waals surface area contributed by atoms with E-state index in [1.165, 1.54) is 25.0 Å². The Labute approximate surface area is 151 Å². The average molecular weight is 352 g/mol. The van der Waals surface area contributed by atoms with Gasteiger partial charge in [0.2, 0.25) is 5.95 Å². The summed E-state index contributed by atoms with van der Waals surface area (Å²) >= 11 is 0. The van der Waals surface area contributed by atoms with Crippen LogP contribution < -0.4 is 5.73 Å². The summed E-state index contributed by atoms with van der Waals surface area (Å²) in [7, 11) is 2.12. The second kappa shape index (κ2) is 6.84. The van der Waals surface area contributed by atoms with E-state index < -0.39 is 0 Å². The Morgan fingerprint density at radius 2 is 1.92 bits per heavy atom. The van der Waals surface area contributed by atoms with Crippen molar-refractivity contribution < 1.29 is 4.39 Å². The Hall–Kier alpha value is -2.80. The van der Waals surface area contributed by atoms with E-state index in [1.807, 2.05) is 12.4 Å². The van der Waals surface area contributed by atoms with Crippen LogP contribution in [0.25, 0.3) is 22.6 Å². The second-order valence-electron chi connectivity index (χ2n) is 6.61. The zero-order valence-electron chi connectivity index (χ0n) is 14.6. The van der Waals surface area contributed by atoms with Gasteiger partial charge in [0.15, 0.2) is 0 Å². The van der Waals surface area contributed by atoms with Gasteiger partial charge in [0.1, 0.15) is 5.82 Å². The van der Waals surface area contributed by atoms with Gasteiger partial charge in [-0.3, -0.25) is 4.90 Å². The molecule has 26 heavy (non-hydrogen) atoms. The van der Waals surface area contributed by atoms with Crippen LogP contribution in [-0.2, 0) is 0 Å². The molecule has 1 aromatic carbocycles. The third-order valence-electron chi connectivity index (χ3n) is 4.88. The number of anilines is 1. The first-order valence-electron chi connectivity index (χ1n) is 8.75. The molecule has 1 saturated heterocycles. The number of piperidine rings is 1. The molecule has 2 aromatic heterocycles. The van der Waals surface area contributed by atoms with Crippen LogP contribution in [0.4, 0.5) is 10.3 Å². The van der Waals surface area contributed by atoms with Gasteiger partial charge in [0, 0.05) is 11.8 Å². The smallest absolute Gasteiger partial charge is 0.220 e. The molecule has 2 N–H and O–H groups in total. The van der Waals surface area contributed by atoms with E-state index in [0.717, 1.165) is 29.9 Å². The van der Waals surface area contributed by atoms with E-state index >= 15 is 0 Å². The summed E-state index contributed by atoms with van der Waals surface area (Å²) in [6.07, 6.45) is 7.11. The molecule has 0 aliphatic carbocycles. The minimum atomic E-state index is -0.270. The molecule has 1 unspecified atom stereocenters. The van der Waals surface area contributed by atoms with E-state index in [4.69, 9.17) is 5.73 Å². The van der Waals surface area contributed by atoms with Crippen LogP contribution in [0.5, 0.6) is 0 Å². The fourth-order valence-electron chi connectivity index (χ4n) is 3.57. The molecule has 4 rings (SSSR count). The Balaban J connectivity index is 1.88. The molecular weight excluding hydrogens is 331 g/mol. The minimum Gasteiger partial charge on any atom is -0.368 e. The van der Waals surface area contributed by atoms with Gasteiger partial charge in [0.25, 0.3) is 0 Å². The zero-order valence-corrected chi connectivity index (χ0v) is 14.6. The number of benzene rings is 1. The second-order valence-corrected chi connectivity index (χ2v) is 6.61. The van der Waals surface area contributed by atoms with Gasteiger partial charge in [0.05, 0.1) is 29.6 Å². The SMILES string of the molecule is CN1CCCCC1n1cnc(-c2ccc(F)cc2)c1-c1ccnc(N)n1. The maximum Gasteiger partial charge on any atom is 0.220 e. The predicted molar refractivity (Wildman–Crippen MR) is 98.6 cm³/mol. The van der Waals surface area contributed by atoms with Crippen LogP contribution in [0, 0.1) is 5.82 Å². The maximum absolute atomic E-state index is 13.4. The van der Waals surface area contributed by atoms with Crippen molar-refractivity contribution in [3.05, 3.63) is 48.7 Å². The first-order chi connectivity index (χ1) is 12.6. The van der Waals surface area contributed by atoms with Gasteiger partial charge in [-0.2, -0.15) is 0 Å². The molecule has 0 radical (unpaired) electrons. The normalized spacial score (nSPS) is 18.2. The van der Waals surface area contributed by atoms with Crippen molar-refractivity contribution in [1.82, 2.24) is 24.4 Å². The van der Waals surface area contributed by atoms with Crippen molar-refractivity contribution in [2.45, 2.75) is 25.4 Å². The number of aromatic nitrogens is 4. The quantitative estimate of drug-likeness (QED) is 0.783. The fraction of sp³-hybridized carbons (Fsp3) is 0.316. The summed E-state index contributed by atoms with van der Waals surface area (Å²) in [5.74, 6) is -0.0506. The summed E-state index contributed by atoms with van der Waals surface area (Å²) in [6.45, 7) is 1.04. The number of hydrogen-bond acceptors (Lipinski definition) is 5. The predicted octanol–water partition coefficient (Wildman–Crippen LogP) is 3.34. The van der Waals surface area contributed by atoms with E-state index in [2.05, 4.69) is 31.5 Å². The number of nitrogens with two attached hydrogens (primary N) is 1. The van der Waals surface area contributed by atoms with Crippen LogP contribution in [0.1, 0.15) is 25.4 Å². The molecule has 1 aliphatic rings. The lowest BCUT2D eigenvalue weighted by Crippen LogP contribution is -2.33. The number of nitrogens with zero attached hydrogens (tertiary/aromatic N) is 5. The molecule has 1 fully saturated rings. The molecule has 3 heterocycles. The molecule has 1 atom stereocenters. The van der Waals surface area contributed by atoms with Crippen LogP contribution in [0.15, 0.2) is 42.9 Å². The van der Waals surface area contributed by atoms with Gasteiger partial charge in [-0.15, -0.1) is 0 Å². The van der Waals surface area contributed by atoms with Crippen molar-refractivity contribution in [1.29, 1.82) is 0 Å². The number of rotatable bonds is 3. The lowest BCUT2D eigenvalue weighted by molar-refractivity contribution is 0.128. The average Bonchev–Trinajstić information content (AvgIpc) is 3.07. The standard InChI is InChI=1S/C19H21FN6/c1-25-11-3-2-4-16(25)26-12-23-17(13-5-7-14(20)8-6-13)18(26)15-9-10-22-19(21)24-15/h5-10,12,16H,2-4,11H2,1H3,(H2,21,22,24). The van der Waals surface area contributed by atoms with Crippen LogP contribution >= 0.6 is 0 Å². The Morgan fingerprint density at radius 1 is 1.12 bits per heavy atom. The third-order valence-corrected chi connectivity index (χ3v) is 4.88. The summed E-state index contributed by atoms with van der Waals surface area (Å²) in [4.78, 5) is 15.4. The lowest BCUT2D eigenvalue weighted by atomic mass is 10.1. The highest BCUT2D eigenvalue weighted by molar-refractivity contribution is 5.77. The highest BCUT2D eigenvalue weighted by atomic mass is 19.1. The Bertz CT molecular complexity index is 905. The molecule has 1 aliphatic heterocycles. The number of nitrogen functional groups attached to an aromatic ring is 1. The summed E-state index contributed by atoms with van der Waals surface area (Å²) in [5.41, 5.74) is 9.02. The number of halogens is 1. The maximum atomic E-state index is 13.4. The highest BCUT2D eigenvalue weighted by Crippen LogP contribution is 2.35. The van der Waals surface area contributed by atoms with E-state index in [0.29, 0.717) is 5.69 Å². The van der Waals surface area contributed by atoms with Gasteiger partial charge in [-0.1, -0.05) is 0 Å². The largest absolute Gasteiger partial charge is 0.368 e. The number of imidazole rings is 1. The van der Waals surface area contributed by atoms with Crippen LogP contribution in [0.2, 0.25) is 0 Å². The molecule has 0 bridgehead atoms. The van der Waals surface area contributed by atoms with E-state index in [9.17, 15) is 4.39 Å². The first kappa shape index (κ1) is 16.7. The van der Waals surface area contributed by atoms with Gasteiger partial charge < -0.3 is 10.3 Å². The Kier molecular flexibility index (Phi) is 4.38. The molecule has 7 heteroatoms. The molecule has 0 amide bonds. The highest BCUT2D eigenvalue weighted by Gasteiger charge is 2.26. The molecule has 6 nitrogen and oxygen atoms in total. The Morgan fingerprint density at radius 3 is 2.65 bits per heavy atom. The zero-order chi connectivity index (χ0) is 18.1. The van der Waals surface area contributed by atoms with Gasteiger partial charge in [-0.05, 0) is 63.2 Å². The summed E-state index contributed by atoms with van der Waals surface area (Å²) < 4.78 is 15.5.